The average molecular weight is 405 g/mol. The van der Waals surface area contributed by atoms with Crippen molar-refractivity contribution in [1.82, 2.24) is 4.90 Å². The predicted molar refractivity (Wildman–Crippen MR) is 104 cm³/mol. The van der Waals surface area contributed by atoms with Crippen molar-refractivity contribution >= 4 is 35.9 Å². The molecular weight excluding hydrogens is 385 g/mol. The molecule has 0 aromatic heterocycles. The quantitative estimate of drug-likeness (QED) is 0.592. The number of nitrogens with two attached hydrogens (primary N) is 1. The minimum atomic E-state index is -1.18. The van der Waals surface area contributed by atoms with Crippen LogP contribution in [-0.2, 0) is 11.2 Å². The van der Waals surface area contributed by atoms with E-state index in [0.29, 0.717) is 43.2 Å². The number of hydrogen-bond donors (Lipinski definition) is 3. The highest BCUT2D eigenvalue weighted by atomic mass is 32.2. The number of carboxylic acid groups (broad SMARTS) is 1. The van der Waals surface area contributed by atoms with Gasteiger partial charge in [-0.2, -0.15) is 0 Å². The zero-order valence-corrected chi connectivity index (χ0v) is 15.9. The number of fused-ring (bicyclic) bond motifs is 1. The van der Waals surface area contributed by atoms with E-state index >= 15 is 0 Å². The number of carbonyl (C=O) groups is 2. The van der Waals surface area contributed by atoms with Crippen LogP contribution in [0.15, 0.2) is 17.1 Å². The van der Waals surface area contributed by atoms with E-state index in [2.05, 4.69) is 4.99 Å². The average Bonchev–Trinajstić information content (AvgIpc) is 3.01. The van der Waals surface area contributed by atoms with E-state index in [-0.39, 0.29) is 35.1 Å². The van der Waals surface area contributed by atoms with Crippen LogP contribution in [0.5, 0.6) is 11.5 Å². The number of benzene rings is 1. The lowest BCUT2D eigenvalue weighted by atomic mass is 9.78. The molecule has 9 nitrogen and oxygen atoms in total. The third-order valence-electron chi connectivity index (χ3n) is 4.97. The Bertz CT molecular complexity index is 844. The molecule has 0 saturated carbocycles. The Balaban J connectivity index is 1.39. The highest BCUT2D eigenvalue weighted by molar-refractivity contribution is 8.14. The van der Waals surface area contributed by atoms with Crippen molar-refractivity contribution in [2.45, 2.75) is 31.3 Å². The highest BCUT2D eigenvalue weighted by Gasteiger charge is 2.36. The number of aromatic carboxylic acids is 1. The Labute approximate surface area is 166 Å². The van der Waals surface area contributed by atoms with Crippen LogP contribution < -0.4 is 15.1 Å². The maximum atomic E-state index is 12.3. The van der Waals surface area contributed by atoms with Crippen molar-refractivity contribution in [3.8, 4) is 11.5 Å². The van der Waals surface area contributed by atoms with Gasteiger partial charge in [0.15, 0.2) is 5.17 Å². The molecule has 0 spiro atoms. The van der Waals surface area contributed by atoms with Crippen LogP contribution >= 0.6 is 11.8 Å². The van der Waals surface area contributed by atoms with E-state index in [1.165, 1.54) is 11.8 Å². The maximum absolute atomic E-state index is 12.3. The summed E-state index contributed by atoms with van der Waals surface area (Å²) in [7, 11) is -1.02. The second-order valence-corrected chi connectivity index (χ2v) is 8.06. The van der Waals surface area contributed by atoms with Crippen molar-refractivity contribution in [3.05, 3.63) is 23.3 Å². The summed E-state index contributed by atoms with van der Waals surface area (Å²) in [5.41, 5.74) is 6.26. The van der Waals surface area contributed by atoms with Crippen LogP contribution in [0.2, 0.25) is 6.32 Å². The van der Waals surface area contributed by atoms with Crippen LogP contribution in [0.1, 0.15) is 22.3 Å². The van der Waals surface area contributed by atoms with Gasteiger partial charge in [0, 0.05) is 5.75 Å². The van der Waals surface area contributed by atoms with Crippen molar-refractivity contribution in [1.29, 1.82) is 0 Å². The Morgan fingerprint density at radius 2 is 2.21 bits per heavy atom. The third-order valence-corrected chi connectivity index (χ3v) is 5.92. The van der Waals surface area contributed by atoms with Gasteiger partial charge in [-0.25, -0.2) is 4.79 Å². The predicted octanol–water partition coefficient (Wildman–Crippen LogP) is 0.210. The van der Waals surface area contributed by atoms with Gasteiger partial charge in [0.2, 0.25) is 5.91 Å². The normalized spacial score (nSPS) is 21.5. The van der Waals surface area contributed by atoms with Crippen LogP contribution in [0.4, 0.5) is 0 Å². The summed E-state index contributed by atoms with van der Waals surface area (Å²) in [5.74, 6) is -0.136. The first-order chi connectivity index (χ1) is 13.4. The number of carbonyl (C=O) groups excluding carboxylic acids is 1. The lowest BCUT2D eigenvalue weighted by Gasteiger charge is -2.39. The third kappa shape index (κ3) is 3.76. The molecule has 4 N–H and O–H groups in total. The number of amides is 1. The number of aliphatic imine (C=N–C) groups is 1. The molecule has 0 aliphatic carbocycles. The van der Waals surface area contributed by atoms with Crippen molar-refractivity contribution in [2.24, 2.45) is 10.7 Å². The van der Waals surface area contributed by atoms with Gasteiger partial charge < -0.3 is 30.2 Å². The summed E-state index contributed by atoms with van der Waals surface area (Å²) >= 11 is 1.45. The zero-order valence-electron chi connectivity index (χ0n) is 15.0. The molecule has 3 aliphatic heterocycles. The van der Waals surface area contributed by atoms with Crippen molar-refractivity contribution in [2.75, 3.05) is 18.8 Å². The first-order valence-corrected chi connectivity index (χ1v) is 10.0. The minimum absolute atomic E-state index is 0.0146. The van der Waals surface area contributed by atoms with Crippen LogP contribution in [-0.4, -0.2) is 70.2 Å². The summed E-state index contributed by atoms with van der Waals surface area (Å²) < 4.78 is 11.2. The standard InChI is InChI=1S/C17H20BN3O6S/c19-17-20-10(8-28-17)5-13(22)21-6-11(7-21)26-12-2-1-9-3-4-18(25)27-15(9)14(12)16(23)24/h1-2,10-11,25H,3-8H2,(H2,19,20)(H,23,24). The summed E-state index contributed by atoms with van der Waals surface area (Å²) in [6, 6.07) is 3.28. The molecule has 0 radical (unpaired) electrons. The molecule has 3 heterocycles. The van der Waals surface area contributed by atoms with Gasteiger partial charge in [-0.15, -0.1) is 0 Å². The molecule has 1 aromatic carbocycles. The first-order valence-electron chi connectivity index (χ1n) is 9.05. The van der Waals surface area contributed by atoms with Crippen LogP contribution in [0.3, 0.4) is 0 Å². The van der Waals surface area contributed by atoms with E-state index in [1.54, 1.807) is 17.0 Å². The molecule has 1 saturated heterocycles. The number of thioether (sulfide) groups is 1. The van der Waals surface area contributed by atoms with Gasteiger partial charge in [-0.1, -0.05) is 17.8 Å². The first kappa shape index (κ1) is 18.9. The molecular formula is C17H20BN3O6S. The summed E-state index contributed by atoms with van der Waals surface area (Å²) in [6.45, 7) is 0.773. The Morgan fingerprint density at radius 3 is 2.89 bits per heavy atom. The summed E-state index contributed by atoms with van der Waals surface area (Å²) in [6.07, 6.45) is 0.974. The number of hydrogen-bond acceptors (Lipinski definition) is 8. The topological polar surface area (TPSA) is 135 Å². The molecule has 1 unspecified atom stereocenters. The smallest absolute Gasteiger partial charge is 0.522 e. The molecule has 1 fully saturated rings. The van der Waals surface area contributed by atoms with Crippen molar-refractivity contribution in [3.63, 3.8) is 0 Å². The largest absolute Gasteiger partial charge is 0.535 e. The van der Waals surface area contributed by atoms with E-state index in [1.807, 2.05) is 0 Å². The lowest BCUT2D eigenvalue weighted by molar-refractivity contribution is -0.140. The van der Waals surface area contributed by atoms with Gasteiger partial charge in [-0.05, 0) is 24.4 Å². The molecule has 28 heavy (non-hydrogen) atoms. The summed E-state index contributed by atoms with van der Waals surface area (Å²) in [5, 5.41) is 19.8. The number of rotatable bonds is 5. The molecule has 0 bridgehead atoms. The van der Waals surface area contributed by atoms with E-state index in [0.717, 1.165) is 5.56 Å². The highest BCUT2D eigenvalue weighted by Crippen LogP contribution is 2.37. The number of ether oxygens (including phenoxy) is 1. The molecule has 11 heteroatoms. The van der Waals surface area contributed by atoms with Crippen molar-refractivity contribution < 1.29 is 29.1 Å². The van der Waals surface area contributed by atoms with E-state index in [4.69, 9.17) is 15.1 Å². The zero-order chi connectivity index (χ0) is 19.8. The Morgan fingerprint density at radius 1 is 1.43 bits per heavy atom. The summed E-state index contributed by atoms with van der Waals surface area (Å²) in [4.78, 5) is 29.9. The molecule has 4 rings (SSSR count). The fourth-order valence-electron chi connectivity index (χ4n) is 3.48. The fraction of sp³-hybridized carbons (Fsp3) is 0.471. The SMILES string of the molecule is NC1=NC(CC(=O)N2CC(Oc3ccc4c(c3C(=O)O)OB(O)CC4)C2)CS1. The van der Waals surface area contributed by atoms with Gasteiger partial charge >= 0.3 is 13.1 Å². The molecule has 1 aromatic rings. The van der Waals surface area contributed by atoms with Crippen LogP contribution in [0.25, 0.3) is 0 Å². The van der Waals surface area contributed by atoms with E-state index in [9.17, 15) is 19.7 Å². The second-order valence-electron chi connectivity index (χ2n) is 7.02. The monoisotopic (exact) mass is 405 g/mol. The Hall–Kier alpha value is -2.40. The number of carboxylic acids is 1. The number of nitrogens with zero attached hydrogens (tertiary/aromatic N) is 2. The second kappa shape index (κ2) is 7.55. The van der Waals surface area contributed by atoms with Gasteiger partial charge in [0.1, 0.15) is 23.2 Å². The van der Waals surface area contributed by atoms with Gasteiger partial charge in [0.05, 0.1) is 25.6 Å². The van der Waals surface area contributed by atoms with Gasteiger partial charge in [-0.3, -0.25) is 9.79 Å². The fourth-order valence-corrected chi connectivity index (χ4v) is 4.26. The number of aryl methyl sites for hydroxylation is 1. The number of amidine groups is 1. The van der Waals surface area contributed by atoms with E-state index < -0.39 is 13.1 Å². The molecule has 1 atom stereocenters. The minimum Gasteiger partial charge on any atom is -0.535 e. The molecule has 148 valence electrons. The Kier molecular flexibility index (Phi) is 5.11. The molecule has 1 amide bonds. The molecule has 3 aliphatic rings. The van der Waals surface area contributed by atoms with Gasteiger partial charge in [0.25, 0.3) is 0 Å². The maximum Gasteiger partial charge on any atom is 0.522 e. The lowest BCUT2D eigenvalue weighted by Crippen LogP contribution is -2.56. The number of likely N-dealkylation sites (tertiary alicyclic amines) is 1. The van der Waals surface area contributed by atoms with Crippen LogP contribution in [0, 0.1) is 0 Å².